The van der Waals surface area contributed by atoms with Crippen LogP contribution in [0.4, 0.5) is 13.2 Å². The van der Waals surface area contributed by atoms with E-state index in [2.05, 4.69) is 6.42 Å². The van der Waals surface area contributed by atoms with Gasteiger partial charge in [0.25, 0.3) is 0 Å². The normalized spacial score (nSPS) is 18.9. The highest BCUT2D eigenvalue weighted by atomic mass is 19.4. The average Bonchev–Trinajstić information content (AvgIpc) is 1.88. The Balaban J connectivity index is 2.72. The molecule has 0 aromatic heterocycles. The van der Waals surface area contributed by atoms with E-state index in [1.54, 1.807) is 6.08 Å². The fourth-order valence-corrected chi connectivity index (χ4v) is 0.655. The van der Waals surface area contributed by atoms with Crippen LogP contribution in [0.5, 0.6) is 0 Å². The molecule has 0 saturated carbocycles. The van der Waals surface area contributed by atoms with E-state index >= 15 is 0 Å². The minimum absolute atomic E-state index is 0.255. The first-order valence-electron chi connectivity index (χ1n) is 2.78. The molecular weight excluding hydrogens is 141 g/mol. The first kappa shape index (κ1) is 7.38. The van der Waals surface area contributed by atoms with Crippen molar-refractivity contribution in [1.29, 1.82) is 0 Å². The van der Waals surface area contributed by atoms with E-state index in [1.165, 1.54) is 6.08 Å². The zero-order chi connectivity index (χ0) is 7.61. The molecule has 1 rings (SSSR count). The largest absolute Gasteiger partial charge is 0.413 e. The van der Waals surface area contributed by atoms with Crippen LogP contribution in [0, 0.1) is 6.42 Å². The Labute approximate surface area is 57.0 Å². The van der Waals surface area contributed by atoms with Crippen molar-refractivity contribution in [2.24, 2.45) is 0 Å². The van der Waals surface area contributed by atoms with Crippen LogP contribution in [-0.4, -0.2) is 6.18 Å². The van der Waals surface area contributed by atoms with Crippen LogP contribution < -0.4 is 0 Å². The zero-order valence-corrected chi connectivity index (χ0v) is 5.07. The minimum atomic E-state index is -4.23. The summed E-state index contributed by atoms with van der Waals surface area (Å²) in [7, 11) is 0. The van der Waals surface area contributed by atoms with Gasteiger partial charge >= 0.3 is 6.18 Å². The Kier molecular flexibility index (Phi) is 1.83. The highest BCUT2D eigenvalue weighted by Gasteiger charge is 2.33. The topological polar surface area (TPSA) is 0 Å². The lowest BCUT2D eigenvalue weighted by Crippen LogP contribution is -2.12. The minimum Gasteiger partial charge on any atom is -0.166 e. The van der Waals surface area contributed by atoms with Gasteiger partial charge in [-0.15, -0.1) is 0 Å². The molecule has 0 heterocycles. The molecule has 0 nitrogen and oxygen atoms in total. The summed E-state index contributed by atoms with van der Waals surface area (Å²) in [5, 5.41) is 0. The molecule has 3 heteroatoms. The summed E-state index contributed by atoms with van der Waals surface area (Å²) >= 11 is 0. The van der Waals surface area contributed by atoms with E-state index in [1.807, 2.05) is 0 Å². The van der Waals surface area contributed by atoms with Gasteiger partial charge in [-0.05, 0) is 6.42 Å². The Morgan fingerprint density at radius 1 is 1.40 bits per heavy atom. The summed E-state index contributed by atoms with van der Waals surface area (Å²) in [5.41, 5.74) is -0.671. The average molecular weight is 146 g/mol. The van der Waals surface area contributed by atoms with Crippen molar-refractivity contribution >= 4 is 0 Å². The predicted octanol–water partition coefficient (Wildman–Crippen LogP) is 2.52. The molecule has 54 valence electrons. The summed E-state index contributed by atoms with van der Waals surface area (Å²) in [6.45, 7) is 0. The van der Waals surface area contributed by atoms with Crippen molar-refractivity contribution in [1.82, 2.24) is 0 Å². The van der Waals surface area contributed by atoms with Crippen LogP contribution in [0.2, 0.25) is 0 Å². The highest BCUT2D eigenvalue weighted by Crippen LogP contribution is 2.29. The molecule has 0 aromatic rings. The van der Waals surface area contributed by atoms with Gasteiger partial charge in [-0.3, -0.25) is 0 Å². The van der Waals surface area contributed by atoms with Gasteiger partial charge in [-0.1, -0.05) is 18.2 Å². The molecule has 0 aromatic carbocycles. The molecule has 1 aliphatic carbocycles. The number of hydrogen-bond donors (Lipinski definition) is 0. The third-order valence-electron chi connectivity index (χ3n) is 1.11. The third-order valence-corrected chi connectivity index (χ3v) is 1.11. The molecule has 0 aliphatic heterocycles. The molecule has 2 radical (unpaired) electrons. The SMILES string of the molecule is FC(F)(F)C1=CC=CC[C]1. The fourth-order valence-electron chi connectivity index (χ4n) is 0.655. The Morgan fingerprint density at radius 3 is 2.40 bits per heavy atom. The lowest BCUT2D eigenvalue weighted by atomic mass is 10.1. The number of allylic oxidation sites excluding steroid dienone is 4. The number of rotatable bonds is 0. The Hall–Kier alpha value is -0.730. The maximum atomic E-state index is 11.8. The smallest absolute Gasteiger partial charge is 0.166 e. The van der Waals surface area contributed by atoms with Gasteiger partial charge in [0.1, 0.15) is 0 Å². The van der Waals surface area contributed by atoms with Crippen LogP contribution in [0.1, 0.15) is 6.42 Å². The molecule has 0 bridgehead atoms. The molecule has 0 spiro atoms. The molecule has 0 unspecified atom stereocenters. The third kappa shape index (κ3) is 1.62. The van der Waals surface area contributed by atoms with Gasteiger partial charge in [0.15, 0.2) is 0 Å². The Bertz CT molecular complexity index is 174. The van der Waals surface area contributed by atoms with Crippen LogP contribution in [0.3, 0.4) is 0 Å². The second-order valence-electron chi connectivity index (χ2n) is 1.89. The van der Waals surface area contributed by atoms with Crippen molar-refractivity contribution in [2.75, 3.05) is 0 Å². The van der Waals surface area contributed by atoms with E-state index < -0.39 is 11.7 Å². The molecule has 10 heavy (non-hydrogen) atoms. The van der Waals surface area contributed by atoms with Gasteiger partial charge in [-0.25, -0.2) is 0 Å². The maximum absolute atomic E-state index is 11.8. The zero-order valence-electron chi connectivity index (χ0n) is 5.07. The van der Waals surface area contributed by atoms with E-state index in [4.69, 9.17) is 0 Å². The van der Waals surface area contributed by atoms with E-state index in [9.17, 15) is 13.2 Å². The van der Waals surface area contributed by atoms with Crippen molar-refractivity contribution in [3.8, 4) is 0 Å². The molecule has 1 aliphatic rings. The quantitative estimate of drug-likeness (QED) is 0.492. The second-order valence-corrected chi connectivity index (χ2v) is 1.89. The van der Waals surface area contributed by atoms with Crippen LogP contribution in [0.15, 0.2) is 23.8 Å². The standard InChI is InChI=1S/C7H5F3/c8-7(9,10)6-4-2-1-3-5-6/h1-2,4H,3H2. The fraction of sp³-hybridized carbons (Fsp3) is 0.286. The predicted molar refractivity (Wildman–Crippen MR) is 31.1 cm³/mol. The van der Waals surface area contributed by atoms with E-state index in [0.29, 0.717) is 0 Å². The monoisotopic (exact) mass is 146 g/mol. The van der Waals surface area contributed by atoms with E-state index in [-0.39, 0.29) is 6.42 Å². The molecular formula is C7H5F3. The second kappa shape index (κ2) is 2.48. The molecule has 0 N–H and O–H groups in total. The highest BCUT2D eigenvalue weighted by molar-refractivity contribution is 5.29. The first-order valence-corrected chi connectivity index (χ1v) is 2.78. The van der Waals surface area contributed by atoms with Crippen LogP contribution >= 0.6 is 0 Å². The van der Waals surface area contributed by atoms with E-state index in [0.717, 1.165) is 6.08 Å². The van der Waals surface area contributed by atoms with Crippen molar-refractivity contribution in [3.63, 3.8) is 0 Å². The van der Waals surface area contributed by atoms with Crippen LogP contribution in [-0.2, 0) is 0 Å². The molecule has 0 amide bonds. The number of hydrogen-bond acceptors (Lipinski definition) is 0. The van der Waals surface area contributed by atoms with Gasteiger partial charge in [0.05, 0.1) is 0 Å². The Morgan fingerprint density at radius 2 is 2.10 bits per heavy atom. The summed E-state index contributed by atoms with van der Waals surface area (Å²) < 4.78 is 35.3. The summed E-state index contributed by atoms with van der Waals surface area (Å²) in [6.07, 6.45) is 2.26. The first-order chi connectivity index (χ1) is 4.61. The molecule has 0 fully saturated rings. The lowest BCUT2D eigenvalue weighted by molar-refractivity contribution is -0.0900. The summed E-state index contributed by atoms with van der Waals surface area (Å²) in [5.74, 6) is 0. The summed E-state index contributed by atoms with van der Waals surface area (Å²) in [4.78, 5) is 0. The van der Waals surface area contributed by atoms with Gasteiger partial charge in [0.2, 0.25) is 0 Å². The number of alkyl halides is 3. The van der Waals surface area contributed by atoms with Crippen molar-refractivity contribution in [3.05, 3.63) is 30.2 Å². The van der Waals surface area contributed by atoms with Crippen LogP contribution in [0.25, 0.3) is 0 Å². The molecule has 0 saturated heterocycles. The van der Waals surface area contributed by atoms with Gasteiger partial charge in [-0.2, -0.15) is 13.2 Å². The molecule has 0 atom stereocenters. The van der Waals surface area contributed by atoms with Gasteiger partial charge < -0.3 is 0 Å². The van der Waals surface area contributed by atoms with Crippen molar-refractivity contribution < 1.29 is 13.2 Å². The lowest BCUT2D eigenvalue weighted by Gasteiger charge is -2.10. The number of halogens is 3. The summed E-state index contributed by atoms with van der Waals surface area (Å²) in [6, 6.07) is 0. The maximum Gasteiger partial charge on any atom is 0.413 e. The van der Waals surface area contributed by atoms with Gasteiger partial charge in [0, 0.05) is 12.0 Å². The van der Waals surface area contributed by atoms with Crippen molar-refractivity contribution in [2.45, 2.75) is 12.6 Å².